The molecule has 0 heterocycles. The molecule has 0 radical (unpaired) electrons. The number of benzene rings is 2. The monoisotopic (exact) mass is 279 g/mol. The average Bonchev–Trinajstić information content (AvgIpc) is 2.41. The average molecular weight is 279 g/mol. The summed E-state index contributed by atoms with van der Waals surface area (Å²) in [4.78, 5) is 0. The quantitative estimate of drug-likeness (QED) is 0.836. The van der Waals surface area contributed by atoms with Crippen LogP contribution in [-0.2, 0) is 11.3 Å². The summed E-state index contributed by atoms with van der Waals surface area (Å²) in [6.45, 7) is 0.431. The van der Waals surface area contributed by atoms with Crippen molar-refractivity contribution in [1.29, 1.82) is 0 Å². The third-order valence-electron chi connectivity index (χ3n) is 2.71. The summed E-state index contributed by atoms with van der Waals surface area (Å²) in [6.07, 6.45) is -2.64. The van der Waals surface area contributed by atoms with E-state index in [0.717, 1.165) is 5.56 Å². The maximum absolute atomic E-state index is 13.0. The van der Waals surface area contributed by atoms with Crippen molar-refractivity contribution in [3.8, 4) is 11.5 Å². The highest BCUT2D eigenvalue weighted by Gasteiger charge is 2.15. The van der Waals surface area contributed by atoms with E-state index in [1.807, 2.05) is 6.07 Å². The Morgan fingerprint density at radius 1 is 1.15 bits per heavy atom. The molecule has 0 unspecified atom stereocenters. The molecule has 0 aliphatic carbocycles. The molecule has 3 nitrogen and oxygen atoms in total. The van der Waals surface area contributed by atoms with Gasteiger partial charge in [-0.1, -0.05) is 12.1 Å². The molecule has 0 fully saturated rings. The molecule has 2 N–H and O–H groups in total. The fourth-order valence-electron chi connectivity index (χ4n) is 1.82. The Balaban J connectivity index is 2.27. The molecule has 0 aliphatic heterocycles. The van der Waals surface area contributed by atoms with E-state index < -0.39 is 6.43 Å². The van der Waals surface area contributed by atoms with Gasteiger partial charge in [0.05, 0.1) is 12.2 Å². The van der Waals surface area contributed by atoms with Gasteiger partial charge in [-0.3, -0.25) is 0 Å². The second-order valence-electron chi connectivity index (χ2n) is 4.28. The normalized spacial score (nSPS) is 10.8. The second-order valence-corrected chi connectivity index (χ2v) is 4.28. The van der Waals surface area contributed by atoms with Crippen LogP contribution in [0, 0.1) is 0 Å². The largest absolute Gasteiger partial charge is 0.457 e. The van der Waals surface area contributed by atoms with Crippen molar-refractivity contribution in [3.05, 3.63) is 53.6 Å². The van der Waals surface area contributed by atoms with E-state index in [4.69, 9.17) is 15.2 Å². The SMILES string of the molecule is COCc1cccc(Oc2ccc(N)cc2C(F)F)c1. The summed E-state index contributed by atoms with van der Waals surface area (Å²) >= 11 is 0. The second kappa shape index (κ2) is 6.34. The minimum atomic E-state index is -2.64. The smallest absolute Gasteiger partial charge is 0.267 e. The fraction of sp³-hybridized carbons (Fsp3) is 0.200. The van der Waals surface area contributed by atoms with Crippen LogP contribution in [0.4, 0.5) is 14.5 Å². The summed E-state index contributed by atoms with van der Waals surface area (Å²) in [5.41, 5.74) is 6.48. The Morgan fingerprint density at radius 3 is 2.65 bits per heavy atom. The van der Waals surface area contributed by atoms with Crippen LogP contribution in [0.15, 0.2) is 42.5 Å². The molecule has 0 spiro atoms. The standard InChI is InChI=1S/C15H15F2NO2/c1-19-9-10-3-2-4-12(7-10)20-14-6-5-11(18)8-13(14)15(16)17/h2-8,15H,9,18H2,1H3. The zero-order chi connectivity index (χ0) is 14.5. The number of ether oxygens (including phenoxy) is 2. The van der Waals surface area contributed by atoms with Gasteiger partial charge >= 0.3 is 0 Å². The summed E-state index contributed by atoms with van der Waals surface area (Å²) in [6, 6.07) is 11.3. The Labute approximate surface area is 115 Å². The van der Waals surface area contributed by atoms with Crippen LogP contribution >= 0.6 is 0 Å². The van der Waals surface area contributed by atoms with Gasteiger partial charge in [0.15, 0.2) is 0 Å². The lowest BCUT2D eigenvalue weighted by atomic mass is 10.2. The highest BCUT2D eigenvalue weighted by atomic mass is 19.3. The molecule has 2 aromatic rings. The maximum Gasteiger partial charge on any atom is 0.267 e. The fourth-order valence-corrected chi connectivity index (χ4v) is 1.82. The van der Waals surface area contributed by atoms with Gasteiger partial charge in [0.1, 0.15) is 11.5 Å². The molecule has 0 saturated heterocycles. The number of hydrogen-bond acceptors (Lipinski definition) is 3. The Kier molecular flexibility index (Phi) is 4.53. The lowest BCUT2D eigenvalue weighted by Gasteiger charge is -2.12. The highest BCUT2D eigenvalue weighted by molar-refractivity contribution is 5.49. The van der Waals surface area contributed by atoms with Crippen molar-refractivity contribution in [2.45, 2.75) is 13.0 Å². The van der Waals surface area contributed by atoms with Gasteiger partial charge < -0.3 is 15.2 Å². The van der Waals surface area contributed by atoms with Crippen LogP contribution < -0.4 is 10.5 Å². The molecule has 0 aromatic heterocycles. The third-order valence-corrected chi connectivity index (χ3v) is 2.71. The Bertz CT molecular complexity index is 588. The minimum Gasteiger partial charge on any atom is -0.457 e. The highest BCUT2D eigenvalue weighted by Crippen LogP contribution is 2.34. The number of nitrogen functional groups attached to an aromatic ring is 1. The van der Waals surface area contributed by atoms with E-state index in [9.17, 15) is 8.78 Å². The first-order valence-corrected chi connectivity index (χ1v) is 6.03. The van der Waals surface area contributed by atoms with Gasteiger partial charge in [-0.25, -0.2) is 8.78 Å². The lowest BCUT2D eigenvalue weighted by Crippen LogP contribution is -1.96. The van der Waals surface area contributed by atoms with Crippen molar-refractivity contribution in [1.82, 2.24) is 0 Å². The number of anilines is 1. The topological polar surface area (TPSA) is 44.5 Å². The van der Waals surface area contributed by atoms with E-state index >= 15 is 0 Å². The van der Waals surface area contributed by atoms with E-state index in [1.165, 1.54) is 18.2 Å². The van der Waals surface area contributed by atoms with Gasteiger partial charge in [-0.2, -0.15) is 0 Å². The number of alkyl halides is 2. The van der Waals surface area contributed by atoms with Crippen molar-refractivity contribution in [2.24, 2.45) is 0 Å². The molecule has 0 saturated carbocycles. The van der Waals surface area contributed by atoms with Gasteiger partial charge in [0, 0.05) is 12.8 Å². The molecular formula is C15H15F2NO2. The van der Waals surface area contributed by atoms with Gasteiger partial charge in [0.25, 0.3) is 6.43 Å². The molecule has 0 atom stereocenters. The maximum atomic E-state index is 13.0. The van der Waals surface area contributed by atoms with Gasteiger partial charge in [-0.15, -0.1) is 0 Å². The molecule has 0 bridgehead atoms. The van der Waals surface area contributed by atoms with Crippen LogP contribution in [0.5, 0.6) is 11.5 Å². The Hall–Kier alpha value is -2.14. The first kappa shape index (κ1) is 14.3. The van der Waals surface area contributed by atoms with Gasteiger partial charge in [0.2, 0.25) is 0 Å². The first-order chi connectivity index (χ1) is 9.60. The molecule has 5 heteroatoms. The van der Waals surface area contributed by atoms with Crippen molar-refractivity contribution < 1.29 is 18.3 Å². The van der Waals surface area contributed by atoms with Crippen LogP contribution in [0.2, 0.25) is 0 Å². The van der Waals surface area contributed by atoms with Crippen molar-refractivity contribution in [3.63, 3.8) is 0 Å². The predicted molar refractivity (Wildman–Crippen MR) is 73.0 cm³/mol. The molecule has 2 rings (SSSR count). The van der Waals surface area contributed by atoms with E-state index in [1.54, 1.807) is 25.3 Å². The lowest BCUT2D eigenvalue weighted by molar-refractivity contribution is 0.148. The number of hydrogen-bond donors (Lipinski definition) is 1. The first-order valence-electron chi connectivity index (χ1n) is 6.03. The Morgan fingerprint density at radius 2 is 1.95 bits per heavy atom. The zero-order valence-corrected chi connectivity index (χ0v) is 11.0. The number of methoxy groups -OCH3 is 1. The van der Waals surface area contributed by atoms with Crippen molar-refractivity contribution in [2.75, 3.05) is 12.8 Å². The number of nitrogens with two attached hydrogens (primary N) is 1. The summed E-state index contributed by atoms with van der Waals surface area (Å²) in [5, 5.41) is 0. The van der Waals surface area contributed by atoms with Gasteiger partial charge in [-0.05, 0) is 35.9 Å². The minimum absolute atomic E-state index is 0.101. The number of rotatable bonds is 5. The number of halogens is 2. The van der Waals surface area contributed by atoms with Crippen LogP contribution in [0.25, 0.3) is 0 Å². The zero-order valence-electron chi connectivity index (χ0n) is 11.0. The van der Waals surface area contributed by atoms with E-state index in [0.29, 0.717) is 12.4 Å². The summed E-state index contributed by atoms with van der Waals surface area (Å²) in [7, 11) is 1.59. The van der Waals surface area contributed by atoms with Crippen LogP contribution in [0.3, 0.4) is 0 Å². The third kappa shape index (κ3) is 3.45. The molecule has 2 aromatic carbocycles. The molecule has 0 amide bonds. The van der Waals surface area contributed by atoms with E-state index in [2.05, 4.69) is 0 Å². The summed E-state index contributed by atoms with van der Waals surface area (Å²) in [5.74, 6) is 0.579. The molecule has 20 heavy (non-hydrogen) atoms. The van der Waals surface area contributed by atoms with Crippen LogP contribution in [0.1, 0.15) is 17.6 Å². The van der Waals surface area contributed by atoms with E-state index in [-0.39, 0.29) is 17.0 Å². The van der Waals surface area contributed by atoms with Crippen molar-refractivity contribution >= 4 is 5.69 Å². The molecule has 106 valence electrons. The predicted octanol–water partition coefficient (Wildman–Crippen LogP) is 4.15. The summed E-state index contributed by atoms with van der Waals surface area (Å²) < 4.78 is 36.4. The molecular weight excluding hydrogens is 264 g/mol. The van der Waals surface area contributed by atoms with Crippen LogP contribution in [-0.4, -0.2) is 7.11 Å². The molecule has 0 aliphatic rings.